The second-order valence-electron chi connectivity index (χ2n) is 6.74. The van der Waals surface area contributed by atoms with E-state index < -0.39 is 26.6 Å². The number of aryl methyl sites for hydroxylation is 1. The van der Waals surface area contributed by atoms with Crippen molar-refractivity contribution in [3.63, 3.8) is 0 Å². The van der Waals surface area contributed by atoms with Gasteiger partial charge in [-0.2, -0.15) is 9.37 Å². The van der Waals surface area contributed by atoms with Crippen LogP contribution in [0.15, 0.2) is 35.3 Å². The molecule has 0 radical (unpaired) electrons. The number of aliphatic imine (C=N–C) groups is 1. The summed E-state index contributed by atoms with van der Waals surface area (Å²) in [5.74, 6) is -0.854. The lowest BCUT2D eigenvalue weighted by atomic mass is 9.89. The number of hydrogen-bond acceptors (Lipinski definition) is 8. The molecule has 0 aliphatic carbocycles. The molecule has 0 spiro atoms. The molecular formula is C17H19FN6O3S. The summed E-state index contributed by atoms with van der Waals surface area (Å²) in [7, 11) is -2.49. The van der Waals surface area contributed by atoms with Crippen LogP contribution in [0.1, 0.15) is 11.3 Å². The second kappa shape index (κ2) is 6.30. The van der Waals surface area contributed by atoms with Gasteiger partial charge in [-0.1, -0.05) is 30.3 Å². The molecule has 3 N–H and O–H groups in total. The van der Waals surface area contributed by atoms with Gasteiger partial charge < -0.3 is 15.4 Å². The number of methoxy groups -OCH3 is 1. The van der Waals surface area contributed by atoms with Crippen molar-refractivity contribution < 1.29 is 17.5 Å². The average Bonchev–Trinajstić information content (AvgIpc) is 3.06. The van der Waals surface area contributed by atoms with Crippen molar-refractivity contribution in [2.45, 2.75) is 17.7 Å². The molecule has 1 saturated heterocycles. The quantitative estimate of drug-likeness (QED) is 0.750. The molecule has 1 fully saturated rings. The Morgan fingerprint density at radius 3 is 2.71 bits per heavy atom. The third-order valence-electron chi connectivity index (χ3n) is 5.02. The van der Waals surface area contributed by atoms with E-state index in [1.807, 2.05) is 30.3 Å². The number of guanidine groups is 1. The zero-order chi connectivity index (χ0) is 20.1. The molecule has 2 aliphatic heterocycles. The van der Waals surface area contributed by atoms with E-state index in [0.29, 0.717) is 5.56 Å². The Kier molecular flexibility index (Phi) is 4.14. The Morgan fingerprint density at radius 2 is 2.04 bits per heavy atom. The van der Waals surface area contributed by atoms with Gasteiger partial charge in [0.05, 0.1) is 19.3 Å². The summed E-state index contributed by atoms with van der Waals surface area (Å²) in [5.41, 5.74) is 5.49. The number of ether oxygens (including phenoxy) is 1. The van der Waals surface area contributed by atoms with E-state index in [0.717, 1.165) is 0 Å². The van der Waals surface area contributed by atoms with E-state index in [2.05, 4.69) is 19.7 Å². The number of sulfonamides is 1. The minimum atomic E-state index is -3.80. The molecule has 1 unspecified atom stereocenters. The highest BCUT2D eigenvalue weighted by Gasteiger charge is 2.57. The molecule has 3 heterocycles. The van der Waals surface area contributed by atoms with E-state index in [4.69, 9.17) is 10.5 Å². The van der Waals surface area contributed by atoms with Gasteiger partial charge in [0.1, 0.15) is 10.8 Å². The van der Waals surface area contributed by atoms with Crippen molar-refractivity contribution in [2.75, 3.05) is 25.1 Å². The maximum Gasteiger partial charge on any atom is 0.255 e. The van der Waals surface area contributed by atoms with E-state index in [-0.39, 0.29) is 36.6 Å². The fourth-order valence-electron chi connectivity index (χ4n) is 3.74. The van der Waals surface area contributed by atoms with Crippen molar-refractivity contribution in [3.05, 3.63) is 47.4 Å². The van der Waals surface area contributed by atoms with Gasteiger partial charge in [0, 0.05) is 6.54 Å². The molecule has 0 amide bonds. The molecule has 1 aromatic carbocycles. The van der Waals surface area contributed by atoms with Crippen LogP contribution in [0, 0.1) is 12.7 Å². The van der Waals surface area contributed by atoms with Crippen molar-refractivity contribution in [1.82, 2.24) is 14.7 Å². The zero-order valence-electron chi connectivity index (χ0n) is 15.3. The van der Waals surface area contributed by atoms with Crippen molar-refractivity contribution >= 4 is 21.9 Å². The van der Waals surface area contributed by atoms with Crippen LogP contribution in [0.25, 0.3) is 0 Å². The third kappa shape index (κ3) is 2.73. The van der Waals surface area contributed by atoms with Gasteiger partial charge in [-0.25, -0.2) is 18.4 Å². The number of nitrogens with zero attached hydrogens (tertiary/aromatic N) is 4. The van der Waals surface area contributed by atoms with Crippen LogP contribution in [0.3, 0.4) is 0 Å². The molecule has 2 atom stereocenters. The molecule has 148 valence electrons. The van der Waals surface area contributed by atoms with Crippen LogP contribution in [0.5, 0.6) is 5.88 Å². The number of nitrogens with one attached hydrogen (secondary N) is 1. The number of fused-ring (bicyclic) bond motifs is 1. The first kappa shape index (κ1) is 18.4. The second-order valence-corrected chi connectivity index (χ2v) is 8.60. The predicted octanol–water partition coefficient (Wildman–Crippen LogP) is 0.265. The maximum atomic E-state index is 14.1. The van der Waals surface area contributed by atoms with Gasteiger partial charge in [-0.3, -0.25) is 4.72 Å². The van der Waals surface area contributed by atoms with E-state index >= 15 is 0 Å². The Labute approximate surface area is 161 Å². The molecule has 9 nitrogen and oxygen atoms in total. The molecule has 0 bridgehead atoms. The monoisotopic (exact) mass is 406 g/mol. The summed E-state index contributed by atoms with van der Waals surface area (Å²) in [4.78, 5) is 14.4. The number of hydrogen-bond donors (Lipinski definition) is 2. The highest BCUT2D eigenvalue weighted by Crippen LogP contribution is 2.42. The lowest BCUT2D eigenvalue weighted by molar-refractivity contribution is 0.365. The SMILES string of the molecule is COc1nc(N2CC3[C@@](c4ccccc4)(C2)N=C(N)NS3(=O)=O)nc(C)c1F. The number of halogens is 1. The van der Waals surface area contributed by atoms with Gasteiger partial charge in [0.15, 0.2) is 0 Å². The Balaban J connectivity index is 1.86. The molecule has 2 aromatic rings. The molecule has 4 rings (SSSR count). The standard InChI is InChI=1S/C17H19FN6O3S/c1-10-13(18)14(27-2)21-16(20-10)24-8-12-17(9-24,11-6-4-3-5-7-11)22-15(19)23-28(12,25)26/h3-7,12H,8-9H2,1-2H3,(H3,19,22,23)/t12?,17-/m0/s1. The topological polar surface area (TPSA) is 123 Å². The molecule has 0 saturated carbocycles. The third-order valence-corrected chi connectivity index (χ3v) is 6.80. The number of nitrogens with two attached hydrogens (primary N) is 1. The van der Waals surface area contributed by atoms with Crippen LogP contribution in [-0.2, 0) is 15.6 Å². The first-order valence-corrected chi connectivity index (χ1v) is 10.1. The summed E-state index contributed by atoms with van der Waals surface area (Å²) in [6, 6.07) is 9.08. The Morgan fingerprint density at radius 1 is 1.32 bits per heavy atom. The molecule has 1 aromatic heterocycles. The Hall–Kier alpha value is -2.95. The van der Waals surface area contributed by atoms with Crippen LogP contribution in [0.2, 0.25) is 0 Å². The van der Waals surface area contributed by atoms with Gasteiger partial charge in [-0.05, 0) is 12.5 Å². The normalized spacial score (nSPS) is 25.6. The highest BCUT2D eigenvalue weighted by atomic mass is 32.2. The van der Waals surface area contributed by atoms with Crippen LogP contribution in [-0.4, -0.2) is 49.8 Å². The summed E-state index contributed by atoms with van der Waals surface area (Å²) < 4.78 is 47.0. The fraction of sp³-hybridized carbons (Fsp3) is 0.353. The predicted molar refractivity (Wildman–Crippen MR) is 101 cm³/mol. The first-order valence-electron chi connectivity index (χ1n) is 8.52. The fourth-order valence-corrected chi connectivity index (χ4v) is 5.37. The van der Waals surface area contributed by atoms with E-state index in [1.54, 1.807) is 4.90 Å². The lowest BCUT2D eigenvalue weighted by Gasteiger charge is -2.34. The lowest BCUT2D eigenvalue weighted by Crippen LogP contribution is -2.56. The van der Waals surface area contributed by atoms with Gasteiger partial charge >= 0.3 is 0 Å². The number of rotatable bonds is 3. The number of benzene rings is 1. The summed E-state index contributed by atoms with van der Waals surface area (Å²) >= 11 is 0. The van der Waals surface area contributed by atoms with Gasteiger partial charge in [-0.15, -0.1) is 0 Å². The van der Waals surface area contributed by atoms with Crippen LogP contribution in [0.4, 0.5) is 10.3 Å². The van der Waals surface area contributed by atoms with Gasteiger partial charge in [0.25, 0.3) is 5.88 Å². The molecule has 28 heavy (non-hydrogen) atoms. The largest absolute Gasteiger partial charge is 0.479 e. The van der Waals surface area contributed by atoms with Crippen LogP contribution >= 0.6 is 0 Å². The summed E-state index contributed by atoms with van der Waals surface area (Å²) in [6.45, 7) is 1.72. The molecule has 2 aliphatic rings. The Bertz CT molecular complexity index is 1060. The maximum absolute atomic E-state index is 14.1. The number of aromatic nitrogens is 2. The number of anilines is 1. The van der Waals surface area contributed by atoms with Crippen molar-refractivity contribution in [3.8, 4) is 5.88 Å². The minimum Gasteiger partial charge on any atom is -0.479 e. The van der Waals surface area contributed by atoms with Crippen molar-refractivity contribution in [1.29, 1.82) is 0 Å². The van der Waals surface area contributed by atoms with E-state index in [9.17, 15) is 12.8 Å². The van der Waals surface area contributed by atoms with Crippen LogP contribution < -0.4 is 20.1 Å². The molecular weight excluding hydrogens is 387 g/mol. The van der Waals surface area contributed by atoms with E-state index in [1.165, 1.54) is 14.0 Å². The smallest absolute Gasteiger partial charge is 0.255 e. The summed E-state index contributed by atoms with van der Waals surface area (Å²) in [6.07, 6.45) is 0. The minimum absolute atomic E-state index is 0.0647. The van der Waals surface area contributed by atoms with Gasteiger partial charge in [0.2, 0.25) is 27.7 Å². The highest BCUT2D eigenvalue weighted by molar-refractivity contribution is 7.90. The average molecular weight is 406 g/mol. The van der Waals surface area contributed by atoms with Crippen molar-refractivity contribution in [2.24, 2.45) is 10.7 Å². The molecule has 11 heteroatoms. The first-order chi connectivity index (χ1) is 13.3. The summed E-state index contributed by atoms with van der Waals surface area (Å²) in [5, 5.41) is -0.922. The zero-order valence-corrected chi connectivity index (χ0v) is 16.1.